The molecule has 4 saturated heterocycles. The Balaban J connectivity index is 0.000000172. The number of aldehydes is 1. The molecule has 0 bridgehead atoms. The zero-order chi connectivity index (χ0) is 77.2. The fourth-order valence-corrected chi connectivity index (χ4v) is 17.7. The molecular weight excluding hydrogens is 1390 g/mol. The van der Waals surface area contributed by atoms with Crippen LogP contribution < -0.4 is 0 Å². The number of hydrogen-bond acceptors (Lipinski definition) is 13. The van der Waals surface area contributed by atoms with Gasteiger partial charge in [-0.15, -0.1) is 0 Å². The quantitative estimate of drug-likeness (QED) is 0.0578. The second-order valence-electron chi connectivity index (χ2n) is 31.4. The van der Waals surface area contributed by atoms with Gasteiger partial charge in [0, 0.05) is 51.2 Å². The molecule has 16 heteroatoms. The molecule has 0 amide bonds. The average molecular weight is 1510 g/mol. The molecule has 107 heavy (non-hydrogen) atoms. The van der Waals surface area contributed by atoms with Gasteiger partial charge in [0.15, 0.2) is 29.5 Å². The molecule has 5 atom stereocenters. The normalized spacial score (nSPS) is 18.4. The van der Waals surface area contributed by atoms with E-state index in [2.05, 4.69) is 160 Å². The number of carbonyl (C=O) groups is 1. The Morgan fingerprint density at radius 3 is 0.738 bits per heavy atom. The Morgan fingerprint density at radius 1 is 0.346 bits per heavy atom. The van der Waals surface area contributed by atoms with E-state index in [0.29, 0.717) is 0 Å². The lowest BCUT2D eigenvalue weighted by atomic mass is 9.75. The molecular formula is C91H113N3O10S3. The van der Waals surface area contributed by atoms with Crippen molar-refractivity contribution in [2.24, 2.45) is 0 Å². The van der Waals surface area contributed by atoms with E-state index in [-0.39, 0.29) is 29.6 Å². The molecule has 2 N–H and O–H groups in total. The molecule has 0 spiro atoms. The lowest BCUT2D eigenvalue weighted by Crippen LogP contribution is -2.55. The van der Waals surface area contributed by atoms with Gasteiger partial charge in [-0.2, -0.15) is 0 Å². The van der Waals surface area contributed by atoms with Crippen molar-refractivity contribution in [2.75, 3.05) is 50.6 Å². The number of rotatable bonds is 19. The number of likely N-dealkylation sites (tertiary alicyclic amines) is 3. The van der Waals surface area contributed by atoms with E-state index in [1.54, 1.807) is 62.3 Å². The third-order valence-electron chi connectivity index (χ3n) is 21.5. The molecule has 0 aromatic heterocycles. The fraction of sp³-hybridized carbons (Fsp3) is 0.396. The Bertz CT molecular complexity index is 4020. The van der Waals surface area contributed by atoms with Crippen LogP contribution in [0.4, 0.5) is 0 Å². The number of hydrogen-bond donors (Lipinski definition) is 2. The summed E-state index contributed by atoms with van der Waals surface area (Å²) in [6.07, 6.45) is 8.18. The van der Waals surface area contributed by atoms with Gasteiger partial charge in [0.2, 0.25) is 0 Å². The van der Waals surface area contributed by atoms with Crippen molar-refractivity contribution in [3.05, 3.63) is 323 Å². The van der Waals surface area contributed by atoms with Crippen LogP contribution in [0, 0.1) is 0 Å². The average Bonchev–Trinajstić information content (AvgIpc) is 1.73. The van der Waals surface area contributed by atoms with Crippen LogP contribution in [0.15, 0.2) is 273 Å². The van der Waals surface area contributed by atoms with Gasteiger partial charge in [-0.05, 0) is 164 Å². The van der Waals surface area contributed by atoms with Crippen molar-refractivity contribution < 1.29 is 45.0 Å². The van der Waals surface area contributed by atoms with Gasteiger partial charge >= 0.3 is 0 Å². The van der Waals surface area contributed by atoms with E-state index in [1.165, 1.54) is 35.8 Å². The van der Waals surface area contributed by atoms with Crippen LogP contribution >= 0.6 is 0 Å². The minimum atomic E-state index is -3.47. The number of aliphatic hydroxyl groups is 2. The first-order valence-electron chi connectivity index (χ1n) is 37.8. The molecule has 4 heterocycles. The summed E-state index contributed by atoms with van der Waals surface area (Å²) < 4.78 is 75.9. The highest BCUT2D eigenvalue weighted by Crippen LogP contribution is 2.50. The van der Waals surface area contributed by atoms with E-state index in [0.717, 1.165) is 111 Å². The van der Waals surface area contributed by atoms with Gasteiger partial charge in [0.05, 0.1) is 60.6 Å². The summed E-state index contributed by atoms with van der Waals surface area (Å²) >= 11 is 0. The van der Waals surface area contributed by atoms with Crippen molar-refractivity contribution in [3.63, 3.8) is 0 Å². The summed E-state index contributed by atoms with van der Waals surface area (Å²) in [5.74, 6) is -0.488. The lowest BCUT2D eigenvalue weighted by molar-refractivity contribution is -0.112. The molecule has 4 fully saturated rings. The molecule has 0 unspecified atom stereocenters. The second-order valence-corrected chi connectivity index (χ2v) is 39.7. The Kier molecular flexibility index (Phi) is 28.5. The number of ether oxygens (including phenoxy) is 1. The maximum absolute atomic E-state index is 13.0. The molecule has 9 aromatic carbocycles. The van der Waals surface area contributed by atoms with Crippen molar-refractivity contribution in [1.29, 1.82) is 0 Å². The summed E-state index contributed by atoms with van der Waals surface area (Å²) in [7, 11) is -9.79. The topological polar surface area (TPSA) is 179 Å². The third-order valence-corrected chi connectivity index (χ3v) is 29.1. The Morgan fingerprint density at radius 2 is 0.551 bits per heavy atom. The van der Waals surface area contributed by atoms with Gasteiger partial charge in [-0.1, -0.05) is 273 Å². The Hall–Kier alpha value is -7.74. The van der Waals surface area contributed by atoms with Crippen LogP contribution in [0.3, 0.4) is 0 Å². The maximum Gasteiger partial charge on any atom is 0.157 e. The highest BCUT2D eigenvalue weighted by atomic mass is 32.2. The Labute approximate surface area is 639 Å². The first kappa shape index (κ1) is 83.3. The predicted molar refractivity (Wildman–Crippen MR) is 437 cm³/mol. The second kappa shape index (κ2) is 36.6. The van der Waals surface area contributed by atoms with Gasteiger partial charge < -0.3 is 19.7 Å². The molecule has 0 aliphatic carbocycles. The van der Waals surface area contributed by atoms with E-state index < -0.39 is 72.6 Å². The van der Waals surface area contributed by atoms with Crippen molar-refractivity contribution in [1.82, 2.24) is 14.7 Å². The molecule has 4 aliphatic heterocycles. The molecule has 4 aliphatic rings. The van der Waals surface area contributed by atoms with Crippen molar-refractivity contribution in [2.45, 2.75) is 175 Å². The minimum absolute atomic E-state index is 0.0735. The number of nitrogens with zero attached hydrogens (tertiary/aromatic N) is 3. The monoisotopic (exact) mass is 1500 g/mol. The first-order valence-corrected chi connectivity index (χ1v) is 43.0. The number of aliphatic hydroxyl groups excluding tert-OH is 2. The third kappa shape index (κ3) is 19.1. The summed E-state index contributed by atoms with van der Waals surface area (Å²) in [4.78, 5) is 19.0. The van der Waals surface area contributed by atoms with Crippen LogP contribution in [-0.4, -0.2) is 152 Å². The van der Waals surface area contributed by atoms with E-state index in [4.69, 9.17) is 4.74 Å². The summed E-state index contributed by atoms with van der Waals surface area (Å²) in [6.45, 7) is 19.7. The standard InChI is InChI=1S/2C29H35NO3S.C24H23NO.C5H12O2S.C4H8O/c2*1-28(2,3)34(32,33)22-27(31)26-20-13-21-30(26)29(23-14-7-4-8-15-23,24-16-9-5-10-17-24)25-18-11-6-12-19-25;26-19-23-17-10-18-25(23)24(20-11-4-1-5-12-20,21-13-6-2-7-14-21)22-15-8-3-9-16-22;1-5(2,3)8(4,6)7;1-2-4-5-3-1/h2*4-12,14-19,26-27,31H,13,20-22H2,1-3H3;1-9,11-16,19,23H,10,17-18H2;1-4H3;1-4H2/t26-,27+;26-,27-;23-;;/m111../s1. The molecule has 0 saturated carbocycles. The maximum atomic E-state index is 13.0. The number of benzene rings is 9. The van der Waals surface area contributed by atoms with Gasteiger partial charge in [-0.25, -0.2) is 25.3 Å². The molecule has 570 valence electrons. The molecule has 0 radical (unpaired) electrons. The van der Waals surface area contributed by atoms with Gasteiger partial charge in [-0.3, -0.25) is 14.7 Å². The van der Waals surface area contributed by atoms with E-state index in [1.807, 2.05) is 127 Å². The van der Waals surface area contributed by atoms with Crippen molar-refractivity contribution in [3.8, 4) is 0 Å². The largest absolute Gasteiger partial charge is 0.390 e. The zero-order valence-electron chi connectivity index (χ0n) is 64.3. The van der Waals surface area contributed by atoms with Gasteiger partial charge in [0.25, 0.3) is 0 Å². The highest BCUT2D eigenvalue weighted by Gasteiger charge is 2.52. The smallest absolute Gasteiger partial charge is 0.157 e. The first-order chi connectivity index (χ1) is 51.0. The van der Waals surface area contributed by atoms with Crippen LogP contribution in [0.5, 0.6) is 0 Å². The SMILES string of the molecule is C1CCOC1.CC(C)(C)S(=O)(=O)C[C@@H](O)[C@H]1CCCN1C(c1ccccc1)(c1ccccc1)c1ccccc1.CC(C)(C)S(=O)(=O)C[C@H](O)[C@H]1CCCN1C(c1ccccc1)(c1ccccc1)c1ccccc1.CC(C)(C)S(C)(=O)=O.O=C[C@H]1CCCN1C(c1ccccc1)(c1ccccc1)c1ccccc1. The summed E-state index contributed by atoms with van der Waals surface area (Å²) in [6, 6.07) is 93.2. The number of carbonyl (C=O) groups excluding carboxylic acids is 1. The van der Waals surface area contributed by atoms with Crippen LogP contribution in [-0.2, 0) is 55.7 Å². The minimum Gasteiger partial charge on any atom is -0.390 e. The highest BCUT2D eigenvalue weighted by molar-refractivity contribution is 7.93. The molecule has 9 aromatic rings. The molecule has 13 rings (SSSR count). The van der Waals surface area contributed by atoms with Crippen LogP contribution in [0.25, 0.3) is 0 Å². The molecule has 13 nitrogen and oxygen atoms in total. The summed E-state index contributed by atoms with van der Waals surface area (Å²) in [5, 5.41) is 22.8. The van der Waals surface area contributed by atoms with Crippen molar-refractivity contribution >= 4 is 35.8 Å². The van der Waals surface area contributed by atoms with E-state index in [9.17, 15) is 40.3 Å². The summed E-state index contributed by atoms with van der Waals surface area (Å²) in [5.41, 5.74) is 8.44. The van der Waals surface area contributed by atoms with Gasteiger partial charge in [0.1, 0.15) is 6.29 Å². The zero-order valence-corrected chi connectivity index (χ0v) is 66.7. The number of sulfone groups is 3. The fourth-order valence-electron chi connectivity index (χ4n) is 15.4. The van der Waals surface area contributed by atoms with Crippen LogP contribution in [0.2, 0.25) is 0 Å². The predicted octanol–water partition coefficient (Wildman–Crippen LogP) is 16.3. The van der Waals surface area contributed by atoms with E-state index >= 15 is 0 Å². The lowest BCUT2D eigenvalue weighted by Gasteiger charge is -2.47. The van der Waals surface area contributed by atoms with Crippen LogP contribution in [0.1, 0.15) is 164 Å².